The van der Waals surface area contributed by atoms with Gasteiger partial charge in [0.1, 0.15) is 0 Å². The fourth-order valence-corrected chi connectivity index (χ4v) is 0. The Kier molecular flexibility index (Phi) is 145. The van der Waals surface area contributed by atoms with Gasteiger partial charge in [0.15, 0.2) is 0 Å². The summed E-state index contributed by atoms with van der Waals surface area (Å²) in [6, 6.07) is 0. The monoisotopic (exact) mass is 172 g/mol. The minimum Gasteiger partial charge on any atom is -0.137 e. The highest BCUT2D eigenvalue weighted by molar-refractivity contribution is 4.51. The molecule has 0 atom stereocenters. The van der Waals surface area contributed by atoms with E-state index in [9.17, 15) is 0 Å². The molecule has 0 fully saturated rings. The molecule has 0 aliphatic heterocycles. The van der Waals surface area contributed by atoms with E-state index in [1.165, 1.54) is 19.3 Å². The van der Waals surface area contributed by atoms with E-state index in [0.717, 1.165) is 0 Å². The van der Waals surface area contributed by atoms with E-state index in [1.54, 1.807) is 0 Å². The Balaban J connectivity index is -0.0000000368. The minimum absolute atomic E-state index is 1.25. The quantitative estimate of drug-likeness (QED) is 0.476. The first-order valence-electron chi connectivity index (χ1n) is 5.04. The summed E-state index contributed by atoms with van der Waals surface area (Å²) in [7, 11) is 0. The van der Waals surface area contributed by atoms with Crippen LogP contribution in [0.4, 0.5) is 0 Å². The smallest absolute Gasteiger partial charge is 0.0564 e. The van der Waals surface area contributed by atoms with E-state index in [2.05, 4.69) is 46.6 Å². The van der Waals surface area contributed by atoms with Crippen molar-refractivity contribution in [1.82, 2.24) is 0 Å². The van der Waals surface area contributed by atoms with E-state index in [1.807, 2.05) is 13.8 Å². The number of hydrogen-bond donors (Lipinski definition) is 0. The average Bonchev–Trinajstić information content (AvgIpc) is 2.10. The van der Waals surface area contributed by atoms with Crippen LogP contribution in [0.25, 0.3) is 0 Å². The van der Waals surface area contributed by atoms with Crippen LogP contribution >= 0.6 is 0 Å². The lowest BCUT2D eigenvalue weighted by atomic mass is 10.4. The summed E-state index contributed by atoms with van der Waals surface area (Å²) >= 11 is 0. The van der Waals surface area contributed by atoms with Crippen molar-refractivity contribution in [2.45, 2.75) is 60.8 Å². The van der Waals surface area contributed by atoms with Gasteiger partial charge in [-0.1, -0.05) is 74.0 Å². The van der Waals surface area contributed by atoms with Crippen LogP contribution in [0.2, 0.25) is 0 Å². The lowest BCUT2D eigenvalue weighted by Crippen LogP contribution is -1.47. The Morgan fingerprint density at radius 2 is 0.917 bits per heavy atom. The molecule has 0 aliphatic rings. The maximum atomic E-state index is 3.12. The molecular formula is C12H28. The number of rotatable bonds is 1. The molecule has 0 aromatic rings. The Hall–Kier alpha value is -0.480. The van der Waals surface area contributed by atoms with Crippen LogP contribution < -0.4 is 0 Å². The fourth-order valence-electron chi connectivity index (χ4n) is 0. The molecule has 0 N–H and O–H groups in total. The zero-order chi connectivity index (χ0) is 10.8. The van der Waals surface area contributed by atoms with Gasteiger partial charge in [-0.05, 0) is 0 Å². The second-order valence-corrected chi connectivity index (χ2v) is 1.96. The Bertz CT molecular complexity index is 45.1. The maximum Gasteiger partial charge on any atom is -0.0564 e. The molecule has 0 spiro atoms. The second-order valence-electron chi connectivity index (χ2n) is 1.96. The van der Waals surface area contributed by atoms with E-state index in [0.29, 0.717) is 0 Å². The summed E-state index contributed by atoms with van der Waals surface area (Å²) in [6.07, 6.45) is 3.89. The van der Waals surface area contributed by atoms with Crippen molar-refractivity contribution in [2.24, 2.45) is 0 Å². The molecule has 0 aromatic heterocycles. The SMILES string of the molecule is C=C=C.CC.CCC.CCCC. The van der Waals surface area contributed by atoms with Crippen LogP contribution in [0, 0.1) is 0 Å². The summed E-state index contributed by atoms with van der Waals surface area (Å²) in [4.78, 5) is 0. The van der Waals surface area contributed by atoms with Crippen molar-refractivity contribution in [1.29, 1.82) is 0 Å². The summed E-state index contributed by atoms with van der Waals surface area (Å²) < 4.78 is 0. The Labute approximate surface area is 80.4 Å². The third-order valence-corrected chi connectivity index (χ3v) is 0.500. The van der Waals surface area contributed by atoms with Crippen LogP contribution in [0.1, 0.15) is 60.8 Å². The van der Waals surface area contributed by atoms with Crippen molar-refractivity contribution >= 4 is 0 Å². The van der Waals surface area contributed by atoms with Crippen LogP contribution in [-0.2, 0) is 0 Å². The largest absolute Gasteiger partial charge is 0.137 e. The maximum absolute atomic E-state index is 3.12. The van der Waals surface area contributed by atoms with Crippen LogP contribution in [-0.4, -0.2) is 0 Å². The first-order chi connectivity index (χ1) is 5.74. The van der Waals surface area contributed by atoms with Crippen molar-refractivity contribution in [3.63, 3.8) is 0 Å². The molecule has 0 unspecified atom stereocenters. The van der Waals surface area contributed by atoms with Gasteiger partial charge < -0.3 is 0 Å². The summed E-state index contributed by atoms with van der Waals surface area (Å²) in [5.41, 5.74) is 2.25. The Morgan fingerprint density at radius 1 is 0.833 bits per heavy atom. The highest BCUT2D eigenvalue weighted by Gasteiger charge is 1.56. The van der Waals surface area contributed by atoms with Crippen LogP contribution in [0.15, 0.2) is 18.9 Å². The van der Waals surface area contributed by atoms with Gasteiger partial charge in [-0.15, -0.1) is 5.73 Å². The normalized spacial score (nSPS) is 5.17. The van der Waals surface area contributed by atoms with Crippen molar-refractivity contribution in [3.8, 4) is 0 Å². The third-order valence-electron chi connectivity index (χ3n) is 0.500. The van der Waals surface area contributed by atoms with Gasteiger partial charge in [0, 0.05) is 0 Å². The molecule has 0 aliphatic carbocycles. The molecule has 0 aromatic carbocycles. The summed E-state index contributed by atoms with van der Waals surface area (Å²) in [5, 5.41) is 0. The summed E-state index contributed by atoms with van der Waals surface area (Å²) in [6.45, 7) is 18.9. The molecule has 0 heteroatoms. The van der Waals surface area contributed by atoms with Crippen LogP contribution in [0.3, 0.4) is 0 Å². The molecule has 0 nitrogen and oxygen atoms in total. The standard InChI is InChI=1S/C4H10.C3H8.C3H4.C2H6/c1-3-4-2;2*1-3-2;1-2/h3-4H2,1-2H3;3H2,1-2H3;1-2H2;1-2H3. The van der Waals surface area contributed by atoms with Gasteiger partial charge >= 0.3 is 0 Å². The van der Waals surface area contributed by atoms with Crippen LogP contribution in [0.5, 0.6) is 0 Å². The zero-order valence-electron chi connectivity index (χ0n) is 10.0. The minimum atomic E-state index is 1.25. The van der Waals surface area contributed by atoms with E-state index in [4.69, 9.17) is 0 Å². The van der Waals surface area contributed by atoms with E-state index in [-0.39, 0.29) is 0 Å². The predicted octanol–water partition coefficient (Wildman–Crippen LogP) is 5.21. The molecule has 0 radical (unpaired) electrons. The molecule has 0 saturated heterocycles. The molecule has 12 heavy (non-hydrogen) atoms. The van der Waals surface area contributed by atoms with Crippen molar-refractivity contribution in [3.05, 3.63) is 18.9 Å². The lowest BCUT2D eigenvalue weighted by Gasteiger charge is -1.68. The van der Waals surface area contributed by atoms with Gasteiger partial charge in [-0.25, -0.2) is 0 Å². The third kappa shape index (κ3) is 2560. The van der Waals surface area contributed by atoms with E-state index < -0.39 is 0 Å². The van der Waals surface area contributed by atoms with Gasteiger partial charge in [0.2, 0.25) is 0 Å². The topological polar surface area (TPSA) is 0 Å². The first-order valence-corrected chi connectivity index (χ1v) is 5.04. The molecular weight excluding hydrogens is 144 g/mol. The van der Waals surface area contributed by atoms with Crippen molar-refractivity contribution < 1.29 is 0 Å². The molecule has 0 amide bonds. The highest BCUT2D eigenvalue weighted by atomic mass is 13.6. The molecule has 76 valence electrons. The van der Waals surface area contributed by atoms with Gasteiger partial charge in [0.05, 0.1) is 0 Å². The highest BCUT2D eigenvalue weighted by Crippen LogP contribution is 1.76. The number of unbranched alkanes of at least 4 members (excludes halogenated alkanes) is 1. The van der Waals surface area contributed by atoms with Gasteiger partial charge in [-0.3, -0.25) is 0 Å². The fraction of sp³-hybridized carbons (Fsp3) is 0.750. The second kappa shape index (κ2) is 76.9. The summed E-state index contributed by atoms with van der Waals surface area (Å²) in [5.74, 6) is 0. The zero-order valence-corrected chi connectivity index (χ0v) is 10.0. The Morgan fingerprint density at radius 3 is 0.917 bits per heavy atom. The predicted molar refractivity (Wildman–Crippen MR) is 62.7 cm³/mol. The molecule has 0 rings (SSSR count). The lowest BCUT2D eigenvalue weighted by molar-refractivity contribution is 0.886. The molecule has 0 heterocycles. The first kappa shape index (κ1) is 22.5. The number of hydrogen-bond acceptors (Lipinski definition) is 0. The van der Waals surface area contributed by atoms with Gasteiger partial charge in [0.25, 0.3) is 0 Å². The average molecular weight is 172 g/mol. The van der Waals surface area contributed by atoms with Gasteiger partial charge in [-0.2, -0.15) is 0 Å². The van der Waals surface area contributed by atoms with E-state index >= 15 is 0 Å². The molecule has 0 bridgehead atoms. The molecule has 0 saturated carbocycles. The van der Waals surface area contributed by atoms with Crippen molar-refractivity contribution in [2.75, 3.05) is 0 Å².